The Morgan fingerprint density at radius 2 is 1.46 bits per heavy atom. The first-order valence-electron chi connectivity index (χ1n) is 10.3. The molecule has 0 saturated carbocycles. The van der Waals surface area contributed by atoms with E-state index >= 15 is 0 Å². The molecule has 16 heteroatoms. The van der Waals surface area contributed by atoms with Gasteiger partial charge in [0.05, 0.1) is 32.6 Å². The molecule has 0 aromatic rings. The zero-order chi connectivity index (χ0) is 26.8. The lowest BCUT2D eigenvalue weighted by atomic mass is 10.1. The van der Waals surface area contributed by atoms with E-state index < -0.39 is 67.1 Å². The molecule has 35 heavy (non-hydrogen) atoms. The summed E-state index contributed by atoms with van der Waals surface area (Å²) in [5.74, 6) is -3.14. The summed E-state index contributed by atoms with van der Waals surface area (Å²) in [7, 11) is 0. The van der Waals surface area contributed by atoms with Gasteiger partial charge in [0, 0.05) is 6.54 Å². The van der Waals surface area contributed by atoms with E-state index in [1.54, 1.807) is 0 Å². The number of nitrogens with one attached hydrogen (secondary N) is 5. The highest BCUT2D eigenvalue weighted by Gasteiger charge is 2.25. The molecule has 1 unspecified atom stereocenters. The summed E-state index contributed by atoms with van der Waals surface area (Å²) in [6, 6.07) is -2.57. The minimum absolute atomic E-state index is 0.0648. The molecule has 5 amide bonds. The van der Waals surface area contributed by atoms with Crippen LogP contribution < -0.4 is 43.8 Å². The monoisotopic (exact) mass is 497 g/mol. The molecule has 0 spiro atoms. The Morgan fingerprint density at radius 3 is 2.00 bits per heavy atom. The van der Waals surface area contributed by atoms with Crippen molar-refractivity contribution in [2.24, 2.45) is 22.2 Å². The minimum Gasteiger partial charge on any atom is -0.481 e. The summed E-state index contributed by atoms with van der Waals surface area (Å²) < 4.78 is 0. The molecular formula is C19H31N9O7. The van der Waals surface area contributed by atoms with Crippen LogP contribution in [-0.4, -0.2) is 91.4 Å². The first kappa shape index (κ1) is 30.6. The molecule has 0 aliphatic heterocycles. The molecule has 194 valence electrons. The van der Waals surface area contributed by atoms with Crippen molar-refractivity contribution >= 4 is 41.5 Å². The SMILES string of the molecule is C#CCNC(=O)CNC(=O)[C@H](CC(=O)O)NC(=O)CNC(=O)C(CCCN=C(N)N)NC(=O)CN. The second-order valence-electron chi connectivity index (χ2n) is 6.91. The number of hydrogen-bond donors (Lipinski definition) is 9. The van der Waals surface area contributed by atoms with Gasteiger partial charge in [0.25, 0.3) is 0 Å². The third kappa shape index (κ3) is 15.1. The fourth-order valence-corrected chi connectivity index (χ4v) is 2.45. The van der Waals surface area contributed by atoms with Crippen molar-refractivity contribution in [2.75, 3.05) is 32.7 Å². The average Bonchev–Trinajstić information content (AvgIpc) is 2.80. The Hall–Kier alpha value is -4.39. The average molecular weight is 498 g/mol. The summed E-state index contributed by atoms with van der Waals surface area (Å²) in [6.45, 7) is -1.37. The molecule has 0 fully saturated rings. The van der Waals surface area contributed by atoms with Crippen molar-refractivity contribution in [2.45, 2.75) is 31.3 Å². The third-order valence-corrected chi connectivity index (χ3v) is 4.05. The van der Waals surface area contributed by atoms with Crippen molar-refractivity contribution in [3.05, 3.63) is 0 Å². The topological polar surface area (TPSA) is 273 Å². The lowest BCUT2D eigenvalue weighted by molar-refractivity contribution is -0.140. The van der Waals surface area contributed by atoms with Gasteiger partial charge in [0.15, 0.2) is 5.96 Å². The number of rotatable bonds is 16. The van der Waals surface area contributed by atoms with Crippen LogP contribution in [0.4, 0.5) is 0 Å². The lowest BCUT2D eigenvalue weighted by Crippen LogP contribution is -2.53. The van der Waals surface area contributed by atoms with Gasteiger partial charge in [-0.3, -0.25) is 33.8 Å². The molecule has 0 radical (unpaired) electrons. The molecule has 0 rings (SSSR count). The van der Waals surface area contributed by atoms with Crippen LogP contribution in [0.5, 0.6) is 0 Å². The summed E-state index contributed by atoms with van der Waals surface area (Å²) >= 11 is 0. The molecule has 0 saturated heterocycles. The minimum atomic E-state index is -1.52. The van der Waals surface area contributed by atoms with Gasteiger partial charge in [-0.05, 0) is 12.8 Å². The summed E-state index contributed by atoms with van der Waals surface area (Å²) in [4.78, 5) is 74.8. The number of carbonyl (C=O) groups is 6. The third-order valence-electron chi connectivity index (χ3n) is 4.05. The number of carboxylic acid groups (broad SMARTS) is 1. The highest BCUT2D eigenvalue weighted by atomic mass is 16.4. The maximum Gasteiger partial charge on any atom is 0.305 e. The molecule has 12 N–H and O–H groups in total. The van der Waals surface area contributed by atoms with Crippen LogP contribution in [-0.2, 0) is 28.8 Å². The first-order valence-corrected chi connectivity index (χ1v) is 10.3. The Balaban J connectivity index is 4.92. The lowest BCUT2D eigenvalue weighted by Gasteiger charge is -2.19. The Kier molecular flexibility index (Phi) is 15.0. The fraction of sp³-hybridized carbons (Fsp3) is 0.526. The number of carbonyl (C=O) groups excluding carboxylic acids is 5. The smallest absolute Gasteiger partial charge is 0.305 e. The molecule has 0 aromatic carbocycles. The number of aliphatic carboxylic acids is 1. The van der Waals surface area contributed by atoms with Gasteiger partial charge in [-0.25, -0.2) is 0 Å². The van der Waals surface area contributed by atoms with Gasteiger partial charge in [-0.2, -0.15) is 0 Å². The second-order valence-corrected chi connectivity index (χ2v) is 6.91. The van der Waals surface area contributed by atoms with Gasteiger partial charge >= 0.3 is 5.97 Å². The number of hydrogen-bond acceptors (Lipinski definition) is 8. The van der Waals surface area contributed by atoms with Gasteiger partial charge in [-0.15, -0.1) is 6.42 Å². The van der Waals surface area contributed by atoms with E-state index in [9.17, 15) is 28.8 Å². The highest BCUT2D eigenvalue weighted by molar-refractivity contribution is 5.95. The predicted octanol–water partition coefficient (Wildman–Crippen LogP) is -5.58. The maximum atomic E-state index is 12.4. The second kappa shape index (κ2) is 17.1. The molecule has 16 nitrogen and oxygen atoms in total. The predicted molar refractivity (Wildman–Crippen MR) is 123 cm³/mol. The molecular weight excluding hydrogens is 466 g/mol. The molecule has 0 aromatic heterocycles. The highest BCUT2D eigenvalue weighted by Crippen LogP contribution is 1.99. The van der Waals surface area contributed by atoms with Gasteiger partial charge < -0.3 is 48.9 Å². The van der Waals surface area contributed by atoms with Crippen LogP contribution in [0.3, 0.4) is 0 Å². The van der Waals surface area contributed by atoms with Crippen molar-refractivity contribution in [1.29, 1.82) is 0 Å². The number of nitrogens with zero attached hydrogens (tertiary/aromatic N) is 1. The summed E-state index contributed by atoms with van der Waals surface area (Å²) in [6.07, 6.45) is 4.66. The zero-order valence-electron chi connectivity index (χ0n) is 19.0. The number of amides is 5. The zero-order valence-corrected chi connectivity index (χ0v) is 19.0. The van der Waals surface area contributed by atoms with Gasteiger partial charge in [-0.1, -0.05) is 5.92 Å². The molecule has 0 heterocycles. The van der Waals surface area contributed by atoms with Crippen molar-refractivity contribution in [3.8, 4) is 12.3 Å². The van der Waals surface area contributed by atoms with Crippen LogP contribution in [0.1, 0.15) is 19.3 Å². The standard InChI is InChI=1S/C19H31N9O7/c1-2-5-23-14(30)9-25-18(35)12(7-16(32)33)28-15(31)10-26-17(34)11(27-13(29)8-20)4-3-6-24-19(21)22/h1,11-12H,3-10,20H2,(H,23,30)(H,25,35)(H,26,34)(H,27,29)(H,28,31)(H,32,33)(H4,21,22,24)/t11?,12-/m0/s1. The Bertz CT molecular complexity index is 850. The van der Waals surface area contributed by atoms with Crippen LogP contribution in [0, 0.1) is 12.3 Å². The number of carboxylic acids is 1. The molecule has 0 aliphatic carbocycles. The van der Waals surface area contributed by atoms with E-state index in [0.717, 1.165) is 0 Å². The van der Waals surface area contributed by atoms with E-state index in [1.165, 1.54) is 0 Å². The van der Waals surface area contributed by atoms with Crippen molar-refractivity contribution in [1.82, 2.24) is 26.6 Å². The summed E-state index contributed by atoms with van der Waals surface area (Å²) in [5, 5.41) is 20.3. The Labute approximate surface area is 201 Å². The number of nitrogens with two attached hydrogens (primary N) is 3. The van der Waals surface area contributed by atoms with Crippen molar-refractivity contribution in [3.63, 3.8) is 0 Å². The van der Waals surface area contributed by atoms with Crippen molar-refractivity contribution < 1.29 is 33.9 Å². The van der Waals surface area contributed by atoms with Gasteiger partial charge in [0.2, 0.25) is 29.5 Å². The summed E-state index contributed by atoms with van der Waals surface area (Å²) in [5.41, 5.74) is 15.7. The molecule has 0 aliphatic rings. The Morgan fingerprint density at radius 1 is 0.886 bits per heavy atom. The van der Waals surface area contributed by atoms with Crippen LogP contribution in [0.25, 0.3) is 0 Å². The van der Waals surface area contributed by atoms with E-state index in [2.05, 4.69) is 37.5 Å². The van der Waals surface area contributed by atoms with E-state index in [-0.39, 0.29) is 32.0 Å². The quantitative estimate of drug-likeness (QED) is 0.0422. The van der Waals surface area contributed by atoms with E-state index in [4.69, 9.17) is 28.7 Å². The number of aliphatic imine (C=N–C) groups is 1. The van der Waals surface area contributed by atoms with Crippen LogP contribution in [0.2, 0.25) is 0 Å². The maximum absolute atomic E-state index is 12.4. The normalized spacial score (nSPS) is 11.5. The number of guanidine groups is 1. The molecule has 2 atom stereocenters. The van der Waals surface area contributed by atoms with Crippen LogP contribution >= 0.6 is 0 Å². The van der Waals surface area contributed by atoms with E-state index in [0.29, 0.717) is 6.42 Å². The van der Waals surface area contributed by atoms with E-state index in [1.807, 2.05) is 0 Å². The molecule has 0 bridgehead atoms. The number of terminal acetylenes is 1. The largest absolute Gasteiger partial charge is 0.481 e. The van der Waals surface area contributed by atoms with Gasteiger partial charge in [0.1, 0.15) is 12.1 Å². The van der Waals surface area contributed by atoms with Crippen LogP contribution in [0.15, 0.2) is 4.99 Å². The fourth-order valence-electron chi connectivity index (χ4n) is 2.45. The first-order chi connectivity index (χ1) is 16.5.